The van der Waals surface area contributed by atoms with E-state index >= 15 is 0 Å². The van der Waals surface area contributed by atoms with Crippen molar-refractivity contribution in [3.05, 3.63) is 131 Å². The van der Waals surface area contributed by atoms with E-state index in [1.807, 2.05) is 36.4 Å². The number of nitrogens with zero attached hydrogens (tertiary/aromatic N) is 1. The zero-order valence-electron chi connectivity index (χ0n) is 24.7. The number of phenols is 1. The number of carbonyl (C=O) groups is 4. The minimum atomic E-state index is -0.743. The second-order valence-corrected chi connectivity index (χ2v) is 12.0. The predicted molar refractivity (Wildman–Crippen MR) is 169 cm³/mol. The molecule has 3 aromatic rings. The molecule has 0 aromatic heterocycles. The molecule has 0 bridgehead atoms. The molecule has 3 aliphatic carbocycles. The maximum absolute atomic E-state index is 14.1. The van der Waals surface area contributed by atoms with E-state index in [0.717, 1.165) is 16.7 Å². The molecule has 224 valence electrons. The molecule has 0 spiro atoms. The molecule has 1 aliphatic heterocycles. The van der Waals surface area contributed by atoms with Gasteiger partial charge in [-0.25, -0.2) is 0 Å². The summed E-state index contributed by atoms with van der Waals surface area (Å²) in [6, 6.07) is 21.7. The van der Waals surface area contributed by atoms with Gasteiger partial charge in [-0.1, -0.05) is 72.8 Å². The standard InChI is InChI=1S/C38H31NO6/c1-3-22-9-11-24(12-10-22)39-37(43)28-16-15-26-29(34(28)38(39)44)19-30-35(32(41)17-21(2)36(30)42)33(26)27-14-13-25(18-31(27)40)45-20-23-7-5-4-6-8-23/h3-15,17-18,28-29,33-34,40H,1,16,19-20H2,2H3/t28-,29+,33+,34-/m0/s1. The van der Waals surface area contributed by atoms with Crippen LogP contribution >= 0.6 is 0 Å². The summed E-state index contributed by atoms with van der Waals surface area (Å²) in [5, 5.41) is 11.4. The number of anilines is 1. The fourth-order valence-electron chi connectivity index (χ4n) is 7.35. The number of allylic oxidation sites excluding steroid dienone is 6. The Kier molecular flexibility index (Phi) is 6.96. The molecule has 3 aromatic carbocycles. The molecule has 1 N–H and O–H groups in total. The summed E-state index contributed by atoms with van der Waals surface area (Å²) in [6.07, 6.45) is 5.48. The Morgan fingerprint density at radius 1 is 0.956 bits per heavy atom. The lowest BCUT2D eigenvalue weighted by Gasteiger charge is -2.42. The Bertz CT molecular complexity index is 1880. The zero-order chi connectivity index (χ0) is 31.4. The van der Waals surface area contributed by atoms with E-state index in [1.54, 1.807) is 49.4 Å². The number of phenolic OH excluding ortho intramolecular Hbond substituents is 1. The summed E-state index contributed by atoms with van der Waals surface area (Å²) in [7, 11) is 0. The smallest absolute Gasteiger partial charge is 0.238 e. The van der Waals surface area contributed by atoms with Crippen LogP contribution in [0.15, 0.2) is 114 Å². The van der Waals surface area contributed by atoms with E-state index in [-0.39, 0.29) is 35.6 Å². The van der Waals surface area contributed by atoms with Crippen LogP contribution in [0.4, 0.5) is 5.69 Å². The lowest BCUT2D eigenvalue weighted by Crippen LogP contribution is -2.39. The average Bonchev–Trinajstić information content (AvgIpc) is 3.31. The maximum atomic E-state index is 14.1. The summed E-state index contributed by atoms with van der Waals surface area (Å²) in [5.74, 6) is -3.24. The van der Waals surface area contributed by atoms with Crippen molar-refractivity contribution in [1.82, 2.24) is 0 Å². The van der Waals surface area contributed by atoms with Gasteiger partial charge in [-0.3, -0.25) is 24.1 Å². The van der Waals surface area contributed by atoms with Gasteiger partial charge in [0, 0.05) is 34.3 Å². The third kappa shape index (κ3) is 4.67. The SMILES string of the molecule is C=Cc1ccc(N2C(=O)[C@H]3[C@H](CC=C4[C@H](c5ccc(OCc6ccccc6)cc5O)C5=C(C[C@H]43)C(=O)C(C)=CC5=O)C2=O)cc1. The second-order valence-electron chi connectivity index (χ2n) is 12.0. The minimum Gasteiger partial charge on any atom is -0.507 e. The number of imide groups is 1. The van der Waals surface area contributed by atoms with Crippen LogP contribution in [0, 0.1) is 17.8 Å². The van der Waals surface area contributed by atoms with Gasteiger partial charge in [-0.2, -0.15) is 0 Å². The monoisotopic (exact) mass is 597 g/mol. The Morgan fingerprint density at radius 3 is 2.42 bits per heavy atom. The van der Waals surface area contributed by atoms with Gasteiger partial charge >= 0.3 is 0 Å². The van der Waals surface area contributed by atoms with Gasteiger partial charge in [0.05, 0.1) is 17.5 Å². The van der Waals surface area contributed by atoms with E-state index in [0.29, 0.717) is 46.7 Å². The molecule has 7 rings (SSSR count). The Balaban J connectivity index is 1.27. The number of hydrogen-bond acceptors (Lipinski definition) is 6. The molecular weight excluding hydrogens is 566 g/mol. The van der Waals surface area contributed by atoms with E-state index in [4.69, 9.17) is 4.74 Å². The number of Topliss-reactive ketones (excluding diaryl/α,β-unsaturated/α-hetero) is 1. The molecular formula is C38H31NO6. The van der Waals surface area contributed by atoms with Gasteiger partial charge in [0.15, 0.2) is 11.6 Å². The first-order chi connectivity index (χ1) is 21.8. The Labute approximate surface area is 260 Å². The van der Waals surface area contributed by atoms with Crippen molar-refractivity contribution in [1.29, 1.82) is 0 Å². The van der Waals surface area contributed by atoms with Gasteiger partial charge in [-0.15, -0.1) is 0 Å². The first kappa shape index (κ1) is 28.5. The number of carbonyl (C=O) groups excluding carboxylic acids is 4. The molecule has 1 fully saturated rings. The molecule has 4 atom stereocenters. The lowest BCUT2D eigenvalue weighted by atomic mass is 9.59. The zero-order valence-corrected chi connectivity index (χ0v) is 24.7. The predicted octanol–water partition coefficient (Wildman–Crippen LogP) is 6.25. The molecule has 1 saturated heterocycles. The average molecular weight is 598 g/mol. The van der Waals surface area contributed by atoms with E-state index < -0.39 is 23.7 Å². The molecule has 2 amide bonds. The van der Waals surface area contributed by atoms with Crippen molar-refractivity contribution < 1.29 is 29.0 Å². The molecule has 0 unspecified atom stereocenters. The van der Waals surface area contributed by atoms with Crippen molar-refractivity contribution in [2.75, 3.05) is 4.90 Å². The van der Waals surface area contributed by atoms with Crippen LogP contribution in [0.1, 0.15) is 42.4 Å². The summed E-state index contributed by atoms with van der Waals surface area (Å²) < 4.78 is 5.92. The first-order valence-corrected chi connectivity index (χ1v) is 15.1. The number of amides is 2. The molecule has 4 aliphatic rings. The highest BCUT2D eigenvalue weighted by atomic mass is 16.5. The van der Waals surface area contributed by atoms with Crippen molar-refractivity contribution in [3.8, 4) is 11.5 Å². The van der Waals surface area contributed by atoms with E-state index in [1.165, 1.54) is 17.0 Å². The van der Waals surface area contributed by atoms with Crippen LogP contribution in [0.5, 0.6) is 11.5 Å². The summed E-state index contributed by atoms with van der Waals surface area (Å²) in [6.45, 7) is 5.70. The van der Waals surface area contributed by atoms with Crippen molar-refractivity contribution >= 4 is 35.1 Å². The van der Waals surface area contributed by atoms with Crippen LogP contribution in [-0.2, 0) is 25.8 Å². The maximum Gasteiger partial charge on any atom is 0.238 e. The highest BCUT2D eigenvalue weighted by Crippen LogP contribution is 2.56. The Hall–Kier alpha value is -5.30. The molecule has 7 heteroatoms. The third-order valence-electron chi connectivity index (χ3n) is 9.51. The quantitative estimate of drug-likeness (QED) is 0.205. The number of benzene rings is 3. The number of hydrogen-bond donors (Lipinski definition) is 1. The fraction of sp³-hybridized carbons (Fsp3) is 0.211. The van der Waals surface area contributed by atoms with Crippen LogP contribution in [0.3, 0.4) is 0 Å². The number of aromatic hydroxyl groups is 1. The number of rotatable bonds is 6. The number of fused-ring (bicyclic) bond motifs is 3. The molecule has 7 nitrogen and oxygen atoms in total. The second kappa shape index (κ2) is 11.0. The van der Waals surface area contributed by atoms with Gasteiger partial charge in [-0.05, 0) is 61.1 Å². The van der Waals surface area contributed by atoms with Crippen LogP contribution in [0.2, 0.25) is 0 Å². The largest absolute Gasteiger partial charge is 0.507 e. The van der Waals surface area contributed by atoms with Crippen molar-refractivity contribution in [2.45, 2.75) is 32.3 Å². The van der Waals surface area contributed by atoms with Gasteiger partial charge in [0.25, 0.3) is 0 Å². The highest BCUT2D eigenvalue weighted by molar-refractivity contribution is 6.25. The van der Waals surface area contributed by atoms with E-state index in [9.17, 15) is 24.3 Å². The highest BCUT2D eigenvalue weighted by Gasteiger charge is 2.56. The van der Waals surface area contributed by atoms with Gasteiger partial charge in [0.1, 0.15) is 18.1 Å². The number of ether oxygens (including phenoxy) is 1. The minimum absolute atomic E-state index is 0.0784. The topological polar surface area (TPSA) is 101 Å². The third-order valence-corrected chi connectivity index (χ3v) is 9.51. The molecule has 0 saturated carbocycles. The van der Waals surface area contributed by atoms with Crippen molar-refractivity contribution in [3.63, 3.8) is 0 Å². The lowest BCUT2D eigenvalue weighted by molar-refractivity contribution is -0.123. The van der Waals surface area contributed by atoms with Crippen molar-refractivity contribution in [2.24, 2.45) is 17.8 Å². The molecule has 0 radical (unpaired) electrons. The van der Waals surface area contributed by atoms with Crippen LogP contribution in [-0.4, -0.2) is 28.5 Å². The summed E-state index contributed by atoms with van der Waals surface area (Å²) in [4.78, 5) is 56.1. The first-order valence-electron chi connectivity index (χ1n) is 15.1. The fourth-order valence-corrected chi connectivity index (χ4v) is 7.35. The van der Waals surface area contributed by atoms with Gasteiger partial charge in [0.2, 0.25) is 11.8 Å². The van der Waals surface area contributed by atoms with Crippen LogP contribution < -0.4 is 9.64 Å². The summed E-state index contributed by atoms with van der Waals surface area (Å²) in [5.41, 5.74) is 4.58. The molecule has 45 heavy (non-hydrogen) atoms. The normalized spacial score (nSPS) is 24.1. The Morgan fingerprint density at radius 2 is 1.71 bits per heavy atom. The summed E-state index contributed by atoms with van der Waals surface area (Å²) >= 11 is 0. The van der Waals surface area contributed by atoms with E-state index in [2.05, 4.69) is 6.58 Å². The van der Waals surface area contributed by atoms with Crippen LogP contribution in [0.25, 0.3) is 6.08 Å². The van der Waals surface area contributed by atoms with Gasteiger partial charge < -0.3 is 9.84 Å². The molecule has 1 heterocycles. The number of ketones is 2.